The first-order valence-corrected chi connectivity index (χ1v) is 14.2. The first-order chi connectivity index (χ1) is 16.6. The van der Waals surface area contributed by atoms with Crippen LogP contribution >= 0.6 is 15.9 Å². The molecule has 1 amide bonds. The summed E-state index contributed by atoms with van der Waals surface area (Å²) in [6, 6.07) is 11.6. The number of carboxylic acids is 1. The van der Waals surface area contributed by atoms with Crippen LogP contribution in [0.2, 0.25) is 0 Å². The van der Waals surface area contributed by atoms with E-state index < -0.39 is 32.5 Å². The molecule has 0 bridgehead atoms. The Bertz CT molecular complexity index is 1270. The van der Waals surface area contributed by atoms with Gasteiger partial charge in [-0.3, -0.25) is 9.59 Å². The fourth-order valence-corrected chi connectivity index (χ4v) is 8.63. The van der Waals surface area contributed by atoms with Gasteiger partial charge in [-0.1, -0.05) is 39.7 Å². The maximum Gasteiger partial charge on any atom is 0.306 e. The lowest BCUT2D eigenvalue weighted by atomic mass is 9.81. The van der Waals surface area contributed by atoms with Crippen LogP contribution in [0.1, 0.15) is 43.2 Å². The van der Waals surface area contributed by atoms with Crippen LogP contribution < -0.4 is 4.74 Å². The number of fused-ring (bicyclic) bond motifs is 3. The fourth-order valence-electron chi connectivity index (χ4n) is 6.00. The van der Waals surface area contributed by atoms with Crippen LogP contribution in [-0.2, 0) is 24.2 Å². The van der Waals surface area contributed by atoms with Crippen molar-refractivity contribution >= 4 is 37.6 Å². The monoisotopic (exact) mass is 561 g/mol. The maximum absolute atomic E-state index is 14.3. The molecule has 0 spiro atoms. The number of carboxylic acid groups (broad SMARTS) is 1. The number of amides is 1. The number of carbonyl (C=O) groups is 2. The van der Waals surface area contributed by atoms with E-state index in [0.717, 1.165) is 10.0 Å². The number of nitrogens with zero attached hydrogens (tertiary/aromatic N) is 1. The highest BCUT2D eigenvalue weighted by atomic mass is 79.9. The lowest BCUT2D eigenvalue weighted by Gasteiger charge is -2.43. The molecule has 2 aromatic rings. The predicted octanol–water partition coefficient (Wildman–Crippen LogP) is 4.31. The highest BCUT2D eigenvalue weighted by molar-refractivity contribution is 9.10. The number of ether oxygens (including phenoxy) is 1. The number of aliphatic carboxylic acids is 1. The van der Waals surface area contributed by atoms with Crippen LogP contribution in [0.15, 0.2) is 51.8 Å². The van der Waals surface area contributed by atoms with Gasteiger partial charge in [-0.15, -0.1) is 0 Å². The van der Waals surface area contributed by atoms with Crippen molar-refractivity contribution in [1.82, 2.24) is 4.90 Å². The second-order valence-electron chi connectivity index (χ2n) is 9.84. The fraction of sp³-hybridized carbons (Fsp3) is 0.462. The molecule has 7 nitrogen and oxygen atoms in total. The van der Waals surface area contributed by atoms with E-state index in [4.69, 9.17) is 4.74 Å². The van der Waals surface area contributed by atoms with E-state index in [1.165, 1.54) is 0 Å². The van der Waals surface area contributed by atoms with Gasteiger partial charge in [0.1, 0.15) is 17.1 Å². The van der Waals surface area contributed by atoms with Crippen LogP contribution in [-0.4, -0.2) is 49.5 Å². The first kappa shape index (κ1) is 24.3. The molecule has 1 saturated heterocycles. The average molecular weight is 562 g/mol. The minimum Gasteiger partial charge on any atom is -0.491 e. The lowest BCUT2D eigenvalue weighted by molar-refractivity contribution is -0.146. The van der Waals surface area contributed by atoms with Crippen molar-refractivity contribution in [3.05, 3.63) is 58.1 Å². The predicted molar refractivity (Wildman–Crippen MR) is 133 cm³/mol. The van der Waals surface area contributed by atoms with E-state index in [1.54, 1.807) is 41.3 Å². The minimum atomic E-state index is -3.89. The molecule has 2 heterocycles. The molecule has 2 aromatic carbocycles. The third-order valence-electron chi connectivity index (χ3n) is 7.95. The van der Waals surface area contributed by atoms with E-state index in [9.17, 15) is 23.1 Å². The van der Waals surface area contributed by atoms with Gasteiger partial charge in [-0.2, -0.15) is 0 Å². The van der Waals surface area contributed by atoms with E-state index in [1.807, 2.05) is 13.0 Å². The number of rotatable bonds is 4. The molecule has 1 aliphatic carbocycles. The van der Waals surface area contributed by atoms with Crippen molar-refractivity contribution in [2.45, 2.75) is 54.7 Å². The molecule has 2 atom stereocenters. The summed E-state index contributed by atoms with van der Waals surface area (Å²) in [7, 11) is -3.89. The summed E-state index contributed by atoms with van der Waals surface area (Å²) in [4.78, 5) is 26.9. The number of hydrogen-bond acceptors (Lipinski definition) is 5. The number of benzene rings is 2. The largest absolute Gasteiger partial charge is 0.491 e. The third-order valence-corrected chi connectivity index (χ3v) is 11.0. The van der Waals surface area contributed by atoms with Gasteiger partial charge in [0.25, 0.3) is 0 Å². The molecule has 2 unspecified atom stereocenters. The smallest absolute Gasteiger partial charge is 0.306 e. The molecule has 5 rings (SSSR count). The van der Waals surface area contributed by atoms with Gasteiger partial charge in [-0.25, -0.2) is 8.42 Å². The average Bonchev–Trinajstić information content (AvgIpc) is 3.25. The van der Waals surface area contributed by atoms with Crippen molar-refractivity contribution < 1.29 is 27.9 Å². The number of aryl methyl sites for hydroxylation is 1. The van der Waals surface area contributed by atoms with Crippen LogP contribution in [0, 0.1) is 18.8 Å². The van der Waals surface area contributed by atoms with Crippen molar-refractivity contribution in [2.24, 2.45) is 11.8 Å². The standard InChI is InChI=1S/C26H28BrNO6S/c1-16-2-9-20(10-3-16)35(32,33)26-12-13-28(24(29)17-4-6-18(7-5-17)25(30)31)23(26)15-34-22-14-19(27)8-11-21(22)26/h2-3,8-11,14,17-18,23H,4-7,12-13,15H2,1H3,(H,30,31)/t17-,18-,23?,26?. The molecular weight excluding hydrogens is 534 g/mol. The molecule has 2 aliphatic heterocycles. The van der Waals surface area contributed by atoms with E-state index >= 15 is 0 Å². The number of likely N-dealkylation sites (tertiary alicyclic amines) is 1. The summed E-state index contributed by atoms with van der Waals surface area (Å²) in [5, 5.41) is 9.31. The molecule has 0 radical (unpaired) electrons. The Labute approximate surface area is 213 Å². The zero-order valence-electron chi connectivity index (χ0n) is 19.4. The highest BCUT2D eigenvalue weighted by Crippen LogP contribution is 2.53. The molecule has 3 aliphatic rings. The molecular formula is C26H28BrNO6S. The van der Waals surface area contributed by atoms with Crippen molar-refractivity contribution in [3.63, 3.8) is 0 Å². The third kappa shape index (κ3) is 3.87. The van der Waals surface area contributed by atoms with Crippen LogP contribution in [0.5, 0.6) is 5.75 Å². The summed E-state index contributed by atoms with van der Waals surface area (Å²) in [5.74, 6) is -1.10. The molecule has 1 saturated carbocycles. The molecule has 186 valence electrons. The lowest BCUT2D eigenvalue weighted by Crippen LogP contribution is -2.55. The van der Waals surface area contributed by atoms with Crippen molar-refractivity contribution in [2.75, 3.05) is 13.2 Å². The zero-order chi connectivity index (χ0) is 25.0. The minimum absolute atomic E-state index is 0.0881. The highest BCUT2D eigenvalue weighted by Gasteiger charge is 2.62. The van der Waals surface area contributed by atoms with Crippen molar-refractivity contribution in [3.8, 4) is 5.75 Å². The summed E-state index contributed by atoms with van der Waals surface area (Å²) < 4.78 is 34.2. The van der Waals surface area contributed by atoms with Gasteiger partial charge >= 0.3 is 5.97 Å². The summed E-state index contributed by atoms with van der Waals surface area (Å²) >= 11 is 3.45. The maximum atomic E-state index is 14.3. The molecule has 2 fully saturated rings. The number of sulfone groups is 1. The van der Waals surface area contributed by atoms with E-state index in [-0.39, 0.29) is 29.7 Å². The second kappa shape index (κ2) is 8.92. The van der Waals surface area contributed by atoms with Crippen LogP contribution in [0.3, 0.4) is 0 Å². The number of carbonyl (C=O) groups excluding carboxylic acids is 1. The number of halogens is 1. The topological polar surface area (TPSA) is 101 Å². The van der Waals surface area contributed by atoms with Gasteiger partial charge in [0.05, 0.1) is 16.9 Å². The summed E-state index contributed by atoms with van der Waals surface area (Å²) in [5.41, 5.74) is 1.55. The first-order valence-electron chi connectivity index (χ1n) is 11.9. The van der Waals surface area contributed by atoms with Gasteiger partial charge in [0.15, 0.2) is 9.84 Å². The Balaban J connectivity index is 1.55. The molecule has 9 heteroatoms. The molecule has 35 heavy (non-hydrogen) atoms. The normalized spacial score (nSPS) is 28.1. The van der Waals surface area contributed by atoms with E-state index in [2.05, 4.69) is 15.9 Å². The van der Waals surface area contributed by atoms with Crippen LogP contribution in [0.25, 0.3) is 0 Å². The Morgan fingerprint density at radius 1 is 1.06 bits per heavy atom. The number of hydrogen-bond donors (Lipinski definition) is 1. The Hall–Kier alpha value is -2.39. The van der Waals surface area contributed by atoms with E-state index in [0.29, 0.717) is 43.5 Å². The SMILES string of the molecule is Cc1ccc(S(=O)(=O)C23CCN(C(=O)[C@H]4CC[C@H](C(=O)O)CC4)C2COc2cc(Br)ccc23)cc1. The van der Waals surface area contributed by atoms with Gasteiger partial charge < -0.3 is 14.7 Å². The van der Waals surface area contributed by atoms with Crippen molar-refractivity contribution in [1.29, 1.82) is 0 Å². The Kier molecular flexibility index (Phi) is 6.20. The molecule has 1 N–H and O–H groups in total. The molecule has 0 aromatic heterocycles. The van der Waals surface area contributed by atoms with Crippen LogP contribution in [0.4, 0.5) is 0 Å². The zero-order valence-corrected chi connectivity index (χ0v) is 21.8. The van der Waals surface area contributed by atoms with Gasteiger partial charge in [-0.05, 0) is 63.3 Å². The quantitative estimate of drug-likeness (QED) is 0.596. The van der Waals surface area contributed by atoms with Gasteiger partial charge in [0, 0.05) is 22.5 Å². The van der Waals surface area contributed by atoms with Gasteiger partial charge in [0.2, 0.25) is 5.91 Å². The Morgan fingerprint density at radius 2 is 1.71 bits per heavy atom. The Morgan fingerprint density at radius 3 is 2.37 bits per heavy atom. The second-order valence-corrected chi connectivity index (χ2v) is 13.0. The summed E-state index contributed by atoms with van der Waals surface area (Å²) in [6.07, 6.45) is 2.21. The summed E-state index contributed by atoms with van der Waals surface area (Å²) in [6.45, 7) is 2.31.